The Labute approximate surface area is 122 Å². The predicted molar refractivity (Wildman–Crippen MR) is 77.3 cm³/mol. The van der Waals surface area contributed by atoms with Gasteiger partial charge in [-0.3, -0.25) is 0 Å². The van der Waals surface area contributed by atoms with Crippen molar-refractivity contribution in [3.63, 3.8) is 0 Å². The number of thiocarbonyl (C=S) groups is 1. The number of benzene rings is 1. The maximum absolute atomic E-state index is 12.2. The van der Waals surface area contributed by atoms with Gasteiger partial charge in [0, 0.05) is 12.1 Å². The van der Waals surface area contributed by atoms with Crippen LogP contribution in [0, 0.1) is 0 Å². The Morgan fingerprint density at radius 1 is 1.45 bits per heavy atom. The lowest BCUT2D eigenvalue weighted by Crippen LogP contribution is -2.30. The lowest BCUT2D eigenvalue weighted by atomic mass is 10.2. The molecule has 0 atom stereocenters. The van der Waals surface area contributed by atoms with Crippen molar-refractivity contribution in [1.82, 2.24) is 4.90 Å². The second kappa shape index (κ2) is 5.76. The second-order valence-corrected chi connectivity index (χ2v) is 6.86. The third-order valence-corrected chi connectivity index (χ3v) is 4.88. The Morgan fingerprint density at radius 3 is 2.80 bits per heavy atom. The molecule has 0 aromatic heterocycles. The zero-order chi connectivity index (χ0) is 14.8. The number of nitrogens with zero attached hydrogens (tertiary/aromatic N) is 1. The van der Waals surface area contributed by atoms with Crippen molar-refractivity contribution in [3.05, 3.63) is 29.8 Å². The van der Waals surface area contributed by atoms with Crippen molar-refractivity contribution in [3.8, 4) is 0 Å². The van der Waals surface area contributed by atoms with Crippen LogP contribution in [0.2, 0.25) is 0 Å². The molecule has 0 aliphatic carbocycles. The van der Waals surface area contributed by atoms with Gasteiger partial charge in [0.1, 0.15) is 11.6 Å². The molecule has 1 heterocycles. The van der Waals surface area contributed by atoms with Gasteiger partial charge in [0.25, 0.3) is 0 Å². The molecule has 1 amide bonds. The van der Waals surface area contributed by atoms with Crippen LogP contribution >= 0.6 is 12.2 Å². The molecule has 8 heteroatoms. The van der Waals surface area contributed by atoms with E-state index in [1.54, 1.807) is 12.1 Å². The third kappa shape index (κ3) is 3.26. The summed E-state index contributed by atoms with van der Waals surface area (Å²) in [6, 6.07) is 6.17. The average molecular weight is 314 g/mol. The van der Waals surface area contributed by atoms with Crippen molar-refractivity contribution < 1.29 is 17.9 Å². The lowest BCUT2D eigenvalue weighted by Gasteiger charge is -2.12. The standard InChI is InChI=1S/C12H14N2O4S2/c13-11(19)9-2-1-3-10(8-9)20(16,17)7-5-14-4-6-18-12(14)15/h1-3,8H,4-7H2,(H2,13,19). The summed E-state index contributed by atoms with van der Waals surface area (Å²) in [5, 5.41) is 0. The number of ether oxygens (including phenoxy) is 1. The van der Waals surface area contributed by atoms with Crippen LogP contribution in [-0.4, -0.2) is 49.8 Å². The number of carbonyl (C=O) groups excluding carboxylic acids is 1. The van der Waals surface area contributed by atoms with E-state index in [0.717, 1.165) is 0 Å². The molecule has 1 aliphatic rings. The number of hydrogen-bond acceptors (Lipinski definition) is 5. The van der Waals surface area contributed by atoms with Gasteiger partial charge < -0.3 is 15.4 Å². The number of hydrogen-bond donors (Lipinski definition) is 1. The first-order valence-corrected chi connectivity index (χ1v) is 8.00. The molecule has 20 heavy (non-hydrogen) atoms. The molecule has 0 spiro atoms. The number of carbonyl (C=O) groups is 1. The monoisotopic (exact) mass is 314 g/mol. The van der Waals surface area contributed by atoms with Gasteiger partial charge in [-0.25, -0.2) is 13.2 Å². The highest BCUT2D eigenvalue weighted by atomic mass is 32.2. The summed E-state index contributed by atoms with van der Waals surface area (Å²) in [5.41, 5.74) is 5.99. The summed E-state index contributed by atoms with van der Waals surface area (Å²) in [6.07, 6.45) is -0.475. The lowest BCUT2D eigenvalue weighted by molar-refractivity contribution is 0.160. The van der Waals surface area contributed by atoms with Crippen molar-refractivity contribution in [2.45, 2.75) is 4.90 Å². The van der Waals surface area contributed by atoms with Gasteiger partial charge in [-0.1, -0.05) is 24.4 Å². The topological polar surface area (TPSA) is 89.7 Å². The van der Waals surface area contributed by atoms with E-state index in [1.165, 1.54) is 17.0 Å². The molecule has 1 saturated heterocycles. The molecule has 6 nitrogen and oxygen atoms in total. The molecule has 1 aliphatic heterocycles. The number of cyclic esters (lactones) is 1. The largest absolute Gasteiger partial charge is 0.448 e. The highest BCUT2D eigenvalue weighted by molar-refractivity contribution is 7.91. The van der Waals surface area contributed by atoms with Crippen molar-refractivity contribution in [2.24, 2.45) is 5.73 Å². The minimum absolute atomic E-state index is 0.110. The number of sulfone groups is 1. The van der Waals surface area contributed by atoms with Crippen LogP contribution in [0.3, 0.4) is 0 Å². The van der Waals surface area contributed by atoms with Gasteiger partial charge in [0.2, 0.25) is 0 Å². The van der Waals surface area contributed by atoms with Gasteiger partial charge >= 0.3 is 6.09 Å². The van der Waals surface area contributed by atoms with Crippen LogP contribution in [-0.2, 0) is 14.6 Å². The fourth-order valence-electron chi connectivity index (χ4n) is 1.82. The van der Waals surface area contributed by atoms with Crippen LogP contribution in [0.1, 0.15) is 5.56 Å². The number of rotatable bonds is 5. The van der Waals surface area contributed by atoms with E-state index in [1.807, 2.05) is 0 Å². The Morgan fingerprint density at radius 2 is 2.20 bits per heavy atom. The molecule has 1 fully saturated rings. The Hall–Kier alpha value is -1.67. The molecular weight excluding hydrogens is 300 g/mol. The Balaban J connectivity index is 2.12. The first-order chi connectivity index (χ1) is 9.40. The molecule has 0 saturated carbocycles. The highest BCUT2D eigenvalue weighted by Crippen LogP contribution is 2.14. The van der Waals surface area contributed by atoms with Crippen LogP contribution in [0.15, 0.2) is 29.2 Å². The summed E-state index contributed by atoms with van der Waals surface area (Å²) in [5.74, 6) is -0.164. The van der Waals surface area contributed by atoms with Crippen molar-refractivity contribution in [2.75, 3.05) is 25.4 Å². The molecule has 0 unspecified atom stereocenters. The quantitative estimate of drug-likeness (QED) is 0.798. The highest BCUT2D eigenvalue weighted by Gasteiger charge is 2.24. The Bertz CT molecular complexity index is 643. The molecular formula is C12H14N2O4S2. The first-order valence-electron chi connectivity index (χ1n) is 5.94. The fourth-order valence-corrected chi connectivity index (χ4v) is 3.24. The van der Waals surface area contributed by atoms with Crippen LogP contribution in [0.4, 0.5) is 4.79 Å². The maximum Gasteiger partial charge on any atom is 0.409 e. The zero-order valence-corrected chi connectivity index (χ0v) is 12.2. The summed E-state index contributed by atoms with van der Waals surface area (Å²) in [6.45, 7) is 0.829. The van der Waals surface area contributed by atoms with E-state index in [4.69, 9.17) is 22.7 Å². The van der Waals surface area contributed by atoms with Gasteiger partial charge in [0.05, 0.1) is 17.2 Å². The normalized spacial score (nSPS) is 15.2. The zero-order valence-electron chi connectivity index (χ0n) is 10.6. The molecule has 0 radical (unpaired) electrons. The SMILES string of the molecule is NC(=S)c1cccc(S(=O)(=O)CCN2CCOC2=O)c1. The number of nitrogens with two attached hydrogens (primary N) is 1. The fraction of sp³-hybridized carbons (Fsp3) is 0.333. The van der Waals surface area contributed by atoms with Crippen LogP contribution in [0.25, 0.3) is 0 Å². The van der Waals surface area contributed by atoms with E-state index in [0.29, 0.717) is 18.7 Å². The maximum atomic E-state index is 12.2. The van der Waals surface area contributed by atoms with Gasteiger partial charge in [-0.15, -0.1) is 0 Å². The molecule has 1 aromatic rings. The second-order valence-electron chi connectivity index (χ2n) is 4.31. The summed E-state index contributed by atoms with van der Waals surface area (Å²) >= 11 is 4.83. The Kier molecular flexibility index (Phi) is 4.24. The van der Waals surface area contributed by atoms with E-state index in [2.05, 4.69) is 0 Å². The van der Waals surface area contributed by atoms with Gasteiger partial charge in [-0.05, 0) is 12.1 Å². The summed E-state index contributed by atoms with van der Waals surface area (Å²) in [4.78, 5) is 12.9. The van der Waals surface area contributed by atoms with Crippen molar-refractivity contribution in [1.29, 1.82) is 0 Å². The van der Waals surface area contributed by atoms with E-state index in [9.17, 15) is 13.2 Å². The van der Waals surface area contributed by atoms with Gasteiger partial charge in [0.15, 0.2) is 9.84 Å². The average Bonchev–Trinajstić information content (AvgIpc) is 2.82. The minimum Gasteiger partial charge on any atom is -0.448 e. The molecule has 2 N–H and O–H groups in total. The third-order valence-electron chi connectivity index (χ3n) is 2.95. The van der Waals surface area contributed by atoms with Crippen LogP contribution in [0.5, 0.6) is 0 Å². The summed E-state index contributed by atoms with van der Waals surface area (Å²) in [7, 11) is -3.49. The van der Waals surface area contributed by atoms with Crippen molar-refractivity contribution >= 4 is 33.1 Å². The summed E-state index contributed by atoms with van der Waals surface area (Å²) < 4.78 is 29.2. The minimum atomic E-state index is -3.49. The number of amides is 1. The van der Waals surface area contributed by atoms with Gasteiger partial charge in [-0.2, -0.15) is 0 Å². The van der Waals surface area contributed by atoms with E-state index >= 15 is 0 Å². The molecule has 2 rings (SSSR count). The predicted octanol–water partition coefficient (Wildman–Crippen LogP) is 0.547. The smallest absolute Gasteiger partial charge is 0.409 e. The van der Waals surface area contributed by atoms with Crippen LogP contribution < -0.4 is 5.73 Å². The molecule has 1 aromatic carbocycles. The van der Waals surface area contributed by atoms with E-state index in [-0.39, 0.29) is 22.2 Å². The molecule has 108 valence electrons. The molecule has 0 bridgehead atoms. The van der Waals surface area contributed by atoms with E-state index < -0.39 is 15.9 Å². The first kappa shape index (κ1) is 14.7.